The van der Waals surface area contributed by atoms with E-state index in [1.165, 1.54) is 17.9 Å². The molecule has 12 nitrogen and oxygen atoms in total. The first-order valence-corrected chi connectivity index (χ1v) is 12.0. The Labute approximate surface area is 219 Å². The van der Waals surface area contributed by atoms with Crippen LogP contribution in [0.2, 0.25) is 0 Å². The number of carboxylic acids is 1. The van der Waals surface area contributed by atoms with Gasteiger partial charge in [-0.1, -0.05) is 30.3 Å². The van der Waals surface area contributed by atoms with Crippen LogP contribution in [0, 0.1) is 0 Å². The second-order valence-corrected chi connectivity index (χ2v) is 10.1. The molecule has 1 aromatic heterocycles. The van der Waals surface area contributed by atoms with Gasteiger partial charge >= 0.3 is 12.1 Å². The minimum atomic E-state index is -1.53. The lowest BCUT2D eigenvalue weighted by Gasteiger charge is -2.31. The van der Waals surface area contributed by atoms with E-state index in [4.69, 9.17) is 4.74 Å². The number of amides is 4. The lowest BCUT2D eigenvalue weighted by atomic mass is 9.92. The van der Waals surface area contributed by atoms with E-state index in [-0.39, 0.29) is 23.7 Å². The van der Waals surface area contributed by atoms with Gasteiger partial charge in [-0.25, -0.2) is 14.6 Å². The number of hydrogen-bond acceptors (Lipinski definition) is 7. The molecule has 1 saturated heterocycles. The molecule has 1 aliphatic heterocycles. The normalized spacial score (nSPS) is 14.8. The molecule has 0 spiro atoms. The molecule has 38 heavy (non-hydrogen) atoms. The molecule has 0 aliphatic carbocycles. The van der Waals surface area contributed by atoms with E-state index >= 15 is 0 Å². The Balaban J connectivity index is 1.80. The van der Waals surface area contributed by atoms with Crippen molar-refractivity contribution in [3.05, 3.63) is 59.3 Å². The van der Waals surface area contributed by atoms with Gasteiger partial charge in [-0.2, -0.15) is 0 Å². The summed E-state index contributed by atoms with van der Waals surface area (Å²) in [6.07, 6.45) is 0.132. The number of anilines is 1. The number of nitrogens with one attached hydrogen (secondary N) is 3. The second-order valence-electron chi connectivity index (χ2n) is 10.1. The van der Waals surface area contributed by atoms with Gasteiger partial charge in [-0.05, 0) is 51.8 Å². The lowest BCUT2D eigenvalue weighted by Crippen LogP contribution is -2.61. The molecule has 0 bridgehead atoms. The number of nitrogens with zero attached hydrogens (tertiary/aromatic N) is 2. The molecule has 1 fully saturated rings. The van der Waals surface area contributed by atoms with Gasteiger partial charge in [-0.3, -0.25) is 30.1 Å². The molecule has 4 amide bonds. The van der Waals surface area contributed by atoms with Crippen molar-refractivity contribution in [2.24, 2.45) is 0 Å². The van der Waals surface area contributed by atoms with Crippen LogP contribution in [0.5, 0.6) is 0 Å². The van der Waals surface area contributed by atoms with Gasteiger partial charge in [0.15, 0.2) is 5.69 Å². The first kappa shape index (κ1) is 28.1. The Morgan fingerprint density at radius 3 is 2.32 bits per heavy atom. The highest BCUT2D eigenvalue weighted by Crippen LogP contribution is 2.22. The summed E-state index contributed by atoms with van der Waals surface area (Å²) >= 11 is 0. The molecular formula is C26H31N5O7. The Bertz CT molecular complexity index is 1240. The third kappa shape index (κ3) is 7.28. The maximum absolute atomic E-state index is 13.2. The van der Waals surface area contributed by atoms with Crippen molar-refractivity contribution < 1.29 is 33.8 Å². The zero-order chi connectivity index (χ0) is 28.1. The number of hydrazine groups is 1. The van der Waals surface area contributed by atoms with E-state index in [0.717, 1.165) is 11.6 Å². The van der Waals surface area contributed by atoms with E-state index in [2.05, 4.69) is 21.2 Å². The highest BCUT2D eigenvalue weighted by Gasteiger charge is 2.37. The van der Waals surface area contributed by atoms with Crippen LogP contribution in [-0.2, 0) is 20.7 Å². The number of alkyl carbamates (subject to hydrolysis) is 1. The second kappa shape index (κ2) is 11.3. The molecule has 1 atom stereocenters. The predicted octanol–water partition coefficient (Wildman–Crippen LogP) is 2.19. The summed E-state index contributed by atoms with van der Waals surface area (Å²) in [6, 6.07) is 11.3. The van der Waals surface area contributed by atoms with Crippen molar-refractivity contribution in [1.82, 2.24) is 21.2 Å². The van der Waals surface area contributed by atoms with Crippen LogP contribution in [0.3, 0.4) is 0 Å². The molecule has 12 heteroatoms. The Morgan fingerprint density at radius 2 is 1.74 bits per heavy atom. The first-order valence-electron chi connectivity index (χ1n) is 12.0. The molecule has 4 N–H and O–H groups in total. The van der Waals surface area contributed by atoms with Gasteiger partial charge in [0.1, 0.15) is 17.0 Å². The van der Waals surface area contributed by atoms with Crippen LogP contribution in [0.25, 0.3) is 0 Å². The summed E-state index contributed by atoms with van der Waals surface area (Å²) in [6.45, 7) is 6.89. The summed E-state index contributed by atoms with van der Waals surface area (Å²) in [4.78, 5) is 67.7. The molecule has 1 aliphatic rings. The van der Waals surface area contributed by atoms with Crippen LogP contribution in [-0.4, -0.2) is 57.6 Å². The van der Waals surface area contributed by atoms with Crippen molar-refractivity contribution in [2.75, 3.05) is 11.4 Å². The van der Waals surface area contributed by atoms with Crippen molar-refractivity contribution in [2.45, 2.75) is 58.1 Å². The molecule has 2 aromatic rings. The molecule has 0 radical (unpaired) electrons. The fraction of sp³-hybridized carbons (Fsp3) is 0.385. The molecule has 0 saturated carbocycles. The fourth-order valence-corrected chi connectivity index (χ4v) is 3.82. The van der Waals surface area contributed by atoms with Crippen molar-refractivity contribution in [3.8, 4) is 0 Å². The monoisotopic (exact) mass is 525 g/mol. The zero-order valence-corrected chi connectivity index (χ0v) is 21.7. The topological polar surface area (TPSA) is 167 Å². The number of ether oxygens (including phenoxy) is 1. The largest absolute Gasteiger partial charge is 0.477 e. The molecular weight excluding hydrogens is 494 g/mol. The highest BCUT2D eigenvalue weighted by molar-refractivity contribution is 6.01. The Kier molecular flexibility index (Phi) is 8.34. The van der Waals surface area contributed by atoms with Gasteiger partial charge in [0.25, 0.3) is 11.8 Å². The van der Waals surface area contributed by atoms with Crippen molar-refractivity contribution in [1.29, 1.82) is 0 Å². The van der Waals surface area contributed by atoms with Gasteiger partial charge in [0, 0.05) is 24.9 Å². The Hall–Kier alpha value is -4.48. The maximum atomic E-state index is 13.2. The first-order chi connectivity index (χ1) is 17.8. The van der Waals surface area contributed by atoms with E-state index in [0.29, 0.717) is 19.4 Å². The van der Waals surface area contributed by atoms with Gasteiger partial charge in [0.05, 0.1) is 0 Å². The van der Waals surface area contributed by atoms with Gasteiger partial charge < -0.3 is 15.2 Å². The van der Waals surface area contributed by atoms with Crippen LogP contribution < -0.4 is 21.1 Å². The average Bonchev–Trinajstić information content (AvgIpc) is 3.27. The summed E-state index contributed by atoms with van der Waals surface area (Å²) < 4.78 is 5.31. The maximum Gasteiger partial charge on any atom is 0.408 e. The summed E-state index contributed by atoms with van der Waals surface area (Å²) in [5, 5.41) is 12.0. The highest BCUT2D eigenvalue weighted by atomic mass is 16.6. The predicted molar refractivity (Wildman–Crippen MR) is 136 cm³/mol. The number of rotatable bonds is 7. The number of benzene rings is 1. The quantitative estimate of drug-likeness (QED) is 0.399. The summed E-state index contributed by atoms with van der Waals surface area (Å²) in [5.41, 5.74) is 2.40. The van der Waals surface area contributed by atoms with E-state index in [1.807, 2.05) is 6.07 Å². The van der Waals surface area contributed by atoms with Crippen LogP contribution in [0.1, 0.15) is 66.9 Å². The number of carboxylic acid groups (broad SMARTS) is 1. The summed E-state index contributed by atoms with van der Waals surface area (Å²) in [5.74, 6) is -3.17. The lowest BCUT2D eigenvalue weighted by molar-refractivity contribution is -0.128. The summed E-state index contributed by atoms with van der Waals surface area (Å²) in [7, 11) is 0. The zero-order valence-electron chi connectivity index (χ0n) is 21.7. The van der Waals surface area contributed by atoms with Crippen molar-refractivity contribution >= 4 is 35.6 Å². The molecule has 1 unspecified atom stereocenters. The number of carbonyl (C=O) groups excluding carboxylic acids is 4. The SMILES string of the molecule is CC(C)(C)OC(=O)NC(C)(Cc1ccccc1)C(=O)NNC(=O)c1cc(C(=O)O)nc(N2CCCC2=O)c1. The van der Waals surface area contributed by atoms with Gasteiger partial charge in [-0.15, -0.1) is 0 Å². The minimum Gasteiger partial charge on any atom is -0.477 e. The Morgan fingerprint density at radius 1 is 1.05 bits per heavy atom. The number of carbonyl (C=O) groups is 5. The minimum absolute atomic E-state index is 0.0318. The van der Waals surface area contributed by atoms with E-state index < -0.39 is 40.7 Å². The number of aromatic carboxylic acids is 1. The van der Waals surface area contributed by atoms with Crippen LogP contribution in [0.4, 0.5) is 10.6 Å². The standard InChI is InChI=1S/C26H31N5O7/c1-25(2,3)38-24(37)28-26(4,15-16-9-6-5-7-10-16)23(36)30-29-21(33)17-13-18(22(34)35)27-19(14-17)31-12-8-11-20(31)32/h5-7,9-10,13-14H,8,11-12,15H2,1-4H3,(H,28,37)(H,29,33)(H,30,36)(H,34,35). The van der Waals surface area contributed by atoms with Gasteiger partial charge in [0.2, 0.25) is 5.91 Å². The smallest absolute Gasteiger partial charge is 0.408 e. The molecule has 2 heterocycles. The third-order valence-electron chi connectivity index (χ3n) is 5.61. The number of hydrogen-bond donors (Lipinski definition) is 4. The third-order valence-corrected chi connectivity index (χ3v) is 5.61. The van der Waals surface area contributed by atoms with Crippen LogP contribution >= 0.6 is 0 Å². The fourth-order valence-electron chi connectivity index (χ4n) is 3.82. The van der Waals surface area contributed by atoms with E-state index in [1.54, 1.807) is 45.0 Å². The molecule has 1 aromatic carbocycles. The molecule has 202 valence electrons. The molecule has 3 rings (SSSR count). The average molecular weight is 526 g/mol. The van der Waals surface area contributed by atoms with Crippen molar-refractivity contribution in [3.63, 3.8) is 0 Å². The number of pyridine rings is 1. The number of aromatic nitrogens is 1. The van der Waals surface area contributed by atoms with E-state index in [9.17, 15) is 29.1 Å². The van der Waals surface area contributed by atoms with Crippen LogP contribution in [0.15, 0.2) is 42.5 Å².